The molecule has 1 unspecified atom stereocenters. The molecule has 0 aromatic heterocycles. The van der Waals surface area contributed by atoms with Crippen LogP contribution in [0.2, 0.25) is 0 Å². The smallest absolute Gasteiger partial charge is 0.0332 e. The highest BCUT2D eigenvalue weighted by Crippen LogP contribution is 2.24. The predicted octanol–water partition coefficient (Wildman–Crippen LogP) is 2.48. The quantitative estimate of drug-likeness (QED) is 0.753. The number of hydrogen-bond donors (Lipinski definition) is 1. The Morgan fingerprint density at radius 2 is 2.27 bits per heavy atom. The highest BCUT2D eigenvalue weighted by Gasteiger charge is 2.17. The molecule has 1 aromatic carbocycles. The largest absolute Gasteiger partial charge is 0.310 e. The van der Waals surface area contributed by atoms with Crippen LogP contribution in [0, 0.1) is 0 Å². The highest BCUT2D eigenvalue weighted by atomic mass is 79.9. The van der Waals surface area contributed by atoms with Gasteiger partial charge >= 0.3 is 0 Å². The molecule has 58 valence electrons. The van der Waals surface area contributed by atoms with Crippen LogP contribution in [0.5, 0.6) is 0 Å². The zero-order valence-corrected chi connectivity index (χ0v) is 7.76. The molecule has 1 atom stereocenters. The maximum absolute atomic E-state index is 3.46. The van der Waals surface area contributed by atoms with Crippen molar-refractivity contribution in [2.75, 3.05) is 6.54 Å². The van der Waals surface area contributed by atoms with Crippen LogP contribution < -0.4 is 5.32 Å². The van der Waals surface area contributed by atoms with Gasteiger partial charge in [0.25, 0.3) is 0 Å². The van der Waals surface area contributed by atoms with E-state index in [2.05, 4.69) is 45.5 Å². The maximum Gasteiger partial charge on any atom is 0.0332 e. The van der Waals surface area contributed by atoms with E-state index >= 15 is 0 Å². The molecule has 1 N–H and O–H groups in total. The van der Waals surface area contributed by atoms with Crippen molar-refractivity contribution in [1.82, 2.24) is 5.32 Å². The van der Waals surface area contributed by atoms with E-state index in [9.17, 15) is 0 Å². The van der Waals surface area contributed by atoms with Crippen molar-refractivity contribution in [2.24, 2.45) is 0 Å². The maximum atomic E-state index is 3.46. The van der Waals surface area contributed by atoms with Crippen LogP contribution in [-0.4, -0.2) is 6.54 Å². The van der Waals surface area contributed by atoms with Crippen LogP contribution >= 0.6 is 15.9 Å². The summed E-state index contributed by atoms with van der Waals surface area (Å²) < 4.78 is 1.17. The van der Waals surface area contributed by atoms with E-state index in [0.717, 1.165) is 6.54 Å². The minimum Gasteiger partial charge on any atom is -0.310 e. The number of hydrogen-bond acceptors (Lipinski definition) is 1. The lowest BCUT2D eigenvalue weighted by Crippen LogP contribution is -2.34. The topological polar surface area (TPSA) is 12.0 Å². The zero-order valence-electron chi connectivity index (χ0n) is 6.18. The third-order valence-corrected chi connectivity index (χ3v) is 2.57. The molecule has 1 aliphatic rings. The minimum atomic E-state index is 0.604. The van der Waals surface area contributed by atoms with E-state index in [1.54, 1.807) is 0 Å². The molecule has 1 saturated heterocycles. The van der Waals surface area contributed by atoms with Crippen molar-refractivity contribution in [3.05, 3.63) is 34.3 Å². The van der Waals surface area contributed by atoms with Crippen LogP contribution in [0.25, 0.3) is 0 Å². The first-order valence-electron chi connectivity index (χ1n) is 3.85. The van der Waals surface area contributed by atoms with Crippen molar-refractivity contribution in [1.29, 1.82) is 0 Å². The third kappa shape index (κ3) is 1.47. The molecular weight excluding hydrogens is 202 g/mol. The Morgan fingerprint density at radius 3 is 2.82 bits per heavy atom. The second kappa shape index (κ2) is 2.95. The predicted molar refractivity (Wildman–Crippen MR) is 49.5 cm³/mol. The van der Waals surface area contributed by atoms with Gasteiger partial charge in [0.15, 0.2) is 0 Å². The summed E-state index contributed by atoms with van der Waals surface area (Å²) in [5, 5.41) is 3.37. The van der Waals surface area contributed by atoms with Crippen molar-refractivity contribution < 1.29 is 0 Å². The van der Waals surface area contributed by atoms with Gasteiger partial charge < -0.3 is 5.32 Å². The number of nitrogens with one attached hydrogen (secondary N) is 1. The molecule has 1 aromatic rings. The lowest BCUT2D eigenvalue weighted by molar-refractivity contribution is 0.383. The van der Waals surface area contributed by atoms with Crippen molar-refractivity contribution in [3.63, 3.8) is 0 Å². The van der Waals surface area contributed by atoms with Gasteiger partial charge in [0.1, 0.15) is 0 Å². The third-order valence-electron chi connectivity index (χ3n) is 2.07. The van der Waals surface area contributed by atoms with Gasteiger partial charge in [-0.25, -0.2) is 0 Å². The lowest BCUT2D eigenvalue weighted by Gasteiger charge is -2.28. The molecule has 0 aliphatic carbocycles. The van der Waals surface area contributed by atoms with E-state index in [1.165, 1.54) is 16.5 Å². The normalized spacial score (nSPS) is 22.8. The van der Waals surface area contributed by atoms with Crippen molar-refractivity contribution in [3.8, 4) is 0 Å². The summed E-state index contributed by atoms with van der Waals surface area (Å²) in [4.78, 5) is 0. The molecule has 0 radical (unpaired) electrons. The van der Waals surface area contributed by atoms with Gasteiger partial charge in [0, 0.05) is 10.5 Å². The Hall–Kier alpha value is -0.340. The van der Waals surface area contributed by atoms with E-state index < -0.39 is 0 Å². The van der Waals surface area contributed by atoms with Crippen molar-refractivity contribution >= 4 is 15.9 Å². The Bertz CT molecular complexity index is 255. The molecule has 11 heavy (non-hydrogen) atoms. The summed E-state index contributed by atoms with van der Waals surface area (Å²) in [5.74, 6) is 0. The van der Waals surface area contributed by atoms with Gasteiger partial charge in [-0.05, 0) is 30.7 Å². The Kier molecular flexibility index (Phi) is 1.96. The SMILES string of the molecule is Brc1cccc(C2CCN2)c1. The standard InChI is InChI=1S/C9H10BrN/c10-8-3-1-2-7(6-8)9-4-5-11-9/h1-3,6,9,11H,4-5H2. The highest BCUT2D eigenvalue weighted by molar-refractivity contribution is 9.10. The summed E-state index contributed by atoms with van der Waals surface area (Å²) >= 11 is 3.46. The molecule has 1 aliphatic heterocycles. The second-order valence-electron chi connectivity index (χ2n) is 2.85. The Labute approximate surface area is 74.9 Å². The van der Waals surface area contributed by atoms with Gasteiger partial charge in [-0.3, -0.25) is 0 Å². The summed E-state index contributed by atoms with van der Waals surface area (Å²) in [6.45, 7) is 1.16. The summed E-state index contributed by atoms with van der Waals surface area (Å²) in [5.41, 5.74) is 1.39. The van der Waals surface area contributed by atoms with Crippen LogP contribution in [0.3, 0.4) is 0 Å². The van der Waals surface area contributed by atoms with Crippen LogP contribution in [0.15, 0.2) is 28.7 Å². The summed E-state index contributed by atoms with van der Waals surface area (Å²) in [7, 11) is 0. The number of benzene rings is 1. The molecule has 1 fully saturated rings. The van der Waals surface area contributed by atoms with Crippen molar-refractivity contribution in [2.45, 2.75) is 12.5 Å². The molecule has 0 spiro atoms. The van der Waals surface area contributed by atoms with E-state index in [1.807, 2.05) is 0 Å². The Balaban J connectivity index is 2.23. The summed E-state index contributed by atoms with van der Waals surface area (Å²) in [6.07, 6.45) is 1.27. The van der Waals surface area contributed by atoms with Crippen LogP contribution in [0.4, 0.5) is 0 Å². The molecular formula is C9H10BrN. The average molecular weight is 212 g/mol. The molecule has 0 amide bonds. The first-order valence-corrected chi connectivity index (χ1v) is 4.64. The van der Waals surface area contributed by atoms with E-state index in [0.29, 0.717) is 6.04 Å². The van der Waals surface area contributed by atoms with Crippen LogP contribution in [0.1, 0.15) is 18.0 Å². The van der Waals surface area contributed by atoms with Crippen LogP contribution in [-0.2, 0) is 0 Å². The number of halogens is 1. The fraction of sp³-hybridized carbons (Fsp3) is 0.333. The number of rotatable bonds is 1. The van der Waals surface area contributed by atoms with E-state index in [-0.39, 0.29) is 0 Å². The van der Waals surface area contributed by atoms with E-state index in [4.69, 9.17) is 0 Å². The summed E-state index contributed by atoms with van der Waals surface area (Å²) in [6, 6.07) is 9.09. The van der Waals surface area contributed by atoms with Gasteiger partial charge in [-0.2, -0.15) is 0 Å². The van der Waals surface area contributed by atoms with Gasteiger partial charge in [-0.15, -0.1) is 0 Å². The molecule has 0 bridgehead atoms. The minimum absolute atomic E-state index is 0.604. The first kappa shape index (κ1) is 7.32. The molecule has 1 heterocycles. The fourth-order valence-electron chi connectivity index (χ4n) is 1.30. The van der Waals surface area contributed by atoms with Gasteiger partial charge in [0.05, 0.1) is 0 Å². The Morgan fingerprint density at radius 1 is 1.45 bits per heavy atom. The van der Waals surface area contributed by atoms with Gasteiger partial charge in [-0.1, -0.05) is 28.1 Å². The lowest BCUT2D eigenvalue weighted by atomic mass is 9.98. The molecule has 2 rings (SSSR count). The molecule has 1 nitrogen and oxygen atoms in total. The molecule has 2 heteroatoms. The average Bonchev–Trinajstić information content (AvgIpc) is 1.83. The second-order valence-corrected chi connectivity index (χ2v) is 3.77. The first-order chi connectivity index (χ1) is 5.36. The zero-order chi connectivity index (χ0) is 7.68. The fourth-order valence-corrected chi connectivity index (χ4v) is 1.71. The molecule has 0 saturated carbocycles. The monoisotopic (exact) mass is 211 g/mol. The van der Waals surface area contributed by atoms with Gasteiger partial charge in [0.2, 0.25) is 0 Å².